The summed E-state index contributed by atoms with van der Waals surface area (Å²) in [7, 11) is 3.59. The summed E-state index contributed by atoms with van der Waals surface area (Å²) in [4.78, 5) is 56.7. The van der Waals surface area contributed by atoms with Crippen molar-refractivity contribution in [3.63, 3.8) is 0 Å². The first-order valence-corrected chi connectivity index (χ1v) is 13.1. The highest BCUT2D eigenvalue weighted by Crippen LogP contribution is 2.32. The zero-order chi connectivity index (χ0) is 25.2. The van der Waals surface area contributed by atoms with Gasteiger partial charge in [0.15, 0.2) is 0 Å². The molecule has 8 heteroatoms. The van der Waals surface area contributed by atoms with Crippen molar-refractivity contribution in [2.75, 3.05) is 14.1 Å². The number of carbonyl (C=O) groups excluding carboxylic acids is 4. The van der Waals surface area contributed by atoms with E-state index in [1.54, 1.807) is 23.9 Å². The van der Waals surface area contributed by atoms with E-state index < -0.39 is 12.1 Å². The molecule has 3 fully saturated rings. The van der Waals surface area contributed by atoms with Gasteiger partial charge in [-0.25, -0.2) is 0 Å². The number of carbonyl (C=O) groups is 4. The van der Waals surface area contributed by atoms with Crippen molar-refractivity contribution in [3.05, 3.63) is 0 Å². The third-order valence-electron chi connectivity index (χ3n) is 7.99. The Morgan fingerprint density at radius 2 is 1.03 bits per heavy atom. The van der Waals surface area contributed by atoms with Gasteiger partial charge in [-0.3, -0.25) is 19.2 Å². The minimum atomic E-state index is -0.563. The molecule has 192 valence electrons. The van der Waals surface area contributed by atoms with Gasteiger partial charge in [-0.15, -0.1) is 0 Å². The van der Waals surface area contributed by atoms with E-state index in [4.69, 9.17) is 0 Å². The zero-order valence-electron chi connectivity index (χ0n) is 21.8. The van der Waals surface area contributed by atoms with Crippen LogP contribution in [0.4, 0.5) is 0 Å². The molecule has 2 saturated carbocycles. The Kier molecular flexibility index (Phi) is 8.63. The molecule has 1 saturated heterocycles. The number of fused-ring (bicyclic) bond motifs is 4. The second-order valence-corrected chi connectivity index (χ2v) is 11.6. The maximum Gasteiger partial charge on any atom is 0.245 e. The number of amides is 4. The van der Waals surface area contributed by atoms with Crippen molar-refractivity contribution in [2.24, 2.45) is 23.7 Å². The molecule has 0 aromatic heterocycles. The largest absolute Gasteiger partial charge is 0.344 e. The van der Waals surface area contributed by atoms with E-state index in [1.807, 2.05) is 27.7 Å². The van der Waals surface area contributed by atoms with E-state index in [-0.39, 0.29) is 59.4 Å². The Balaban J connectivity index is 1.88. The highest BCUT2D eigenvalue weighted by atomic mass is 16.2. The molecule has 2 aliphatic carbocycles. The number of likely N-dealkylation sites (N-methyl/N-ethyl adjacent to an activating group) is 2. The van der Waals surface area contributed by atoms with E-state index in [0.29, 0.717) is 38.5 Å². The van der Waals surface area contributed by atoms with Crippen LogP contribution in [-0.4, -0.2) is 71.7 Å². The molecule has 0 radical (unpaired) electrons. The summed E-state index contributed by atoms with van der Waals surface area (Å²) in [6.07, 6.45) is 5.21. The fourth-order valence-corrected chi connectivity index (χ4v) is 5.91. The van der Waals surface area contributed by atoms with Crippen molar-refractivity contribution in [3.8, 4) is 0 Å². The summed E-state index contributed by atoms with van der Waals surface area (Å²) in [5.74, 6) is -0.218. The summed E-state index contributed by atoms with van der Waals surface area (Å²) in [5, 5.41) is 6.11. The molecule has 1 unspecified atom stereocenters. The molecule has 3 aliphatic rings. The third kappa shape index (κ3) is 6.11. The minimum Gasteiger partial charge on any atom is -0.344 e. The lowest BCUT2D eigenvalue weighted by molar-refractivity contribution is -0.140. The second-order valence-electron chi connectivity index (χ2n) is 11.6. The van der Waals surface area contributed by atoms with E-state index in [9.17, 15) is 19.2 Å². The average molecular weight is 477 g/mol. The summed E-state index contributed by atoms with van der Waals surface area (Å²) >= 11 is 0. The van der Waals surface area contributed by atoms with Gasteiger partial charge in [-0.1, -0.05) is 27.7 Å². The maximum atomic E-state index is 13.4. The fraction of sp³-hybridized carbons (Fsp3) is 0.846. The molecular formula is C26H44N4O4. The molecule has 4 bridgehead atoms. The maximum absolute atomic E-state index is 13.4. The van der Waals surface area contributed by atoms with Crippen LogP contribution in [-0.2, 0) is 19.2 Å². The molecule has 0 aromatic carbocycles. The molecule has 0 spiro atoms. The predicted molar refractivity (Wildman–Crippen MR) is 131 cm³/mol. The Bertz CT molecular complexity index is 719. The van der Waals surface area contributed by atoms with Crippen molar-refractivity contribution in [2.45, 2.75) is 103 Å². The SMILES string of the molecule is CC(C)C[C@@H]1NC(=O)[C@H]2CC[C@H](C2)N(C)C(=O)[C@H](CC(C)C)NC(=O)[C@H]2CCC(C2)N(C)C1=O. The summed E-state index contributed by atoms with van der Waals surface area (Å²) in [5.41, 5.74) is 0. The van der Waals surface area contributed by atoms with Crippen LogP contribution in [0, 0.1) is 23.7 Å². The second kappa shape index (κ2) is 11.1. The lowest BCUT2D eigenvalue weighted by Crippen LogP contribution is -2.53. The smallest absolute Gasteiger partial charge is 0.245 e. The van der Waals surface area contributed by atoms with Crippen LogP contribution < -0.4 is 10.6 Å². The molecule has 4 amide bonds. The normalized spacial score (nSPS) is 33.6. The quantitative estimate of drug-likeness (QED) is 0.651. The molecule has 2 N–H and O–H groups in total. The van der Waals surface area contributed by atoms with E-state index in [1.165, 1.54) is 0 Å². The molecule has 6 atom stereocenters. The van der Waals surface area contributed by atoms with Crippen molar-refractivity contribution < 1.29 is 19.2 Å². The molecule has 1 aliphatic heterocycles. The summed E-state index contributed by atoms with van der Waals surface area (Å²) in [6.45, 7) is 8.20. The predicted octanol–water partition coefficient (Wildman–Crippen LogP) is 2.32. The molecule has 3 rings (SSSR count). The van der Waals surface area contributed by atoms with Gasteiger partial charge in [0.25, 0.3) is 0 Å². The Labute approximate surface area is 204 Å². The minimum absolute atomic E-state index is 0.0412. The molecular weight excluding hydrogens is 432 g/mol. The van der Waals surface area contributed by atoms with E-state index >= 15 is 0 Å². The molecule has 0 aromatic rings. The molecule has 1 heterocycles. The number of nitrogens with zero attached hydrogens (tertiary/aromatic N) is 2. The van der Waals surface area contributed by atoms with E-state index in [2.05, 4.69) is 10.6 Å². The van der Waals surface area contributed by atoms with Crippen molar-refractivity contribution >= 4 is 23.6 Å². The standard InChI is InChI=1S/C26H44N4O4/c1-15(2)11-21-25(33)29(5)19-9-8-18(14-19)24(32)28-22(12-16(3)4)26(34)30(6)20-10-7-17(13-20)23(31)27-21/h15-22H,7-14H2,1-6H3,(H,27,31)(H,28,32)/t17-,18-,19+,20?,21-,22-/m0/s1. The van der Waals surface area contributed by atoms with Crippen LogP contribution in [0.2, 0.25) is 0 Å². The lowest BCUT2D eigenvalue weighted by Gasteiger charge is -2.32. The van der Waals surface area contributed by atoms with Crippen LogP contribution in [0.5, 0.6) is 0 Å². The average Bonchev–Trinajstić information content (AvgIpc) is 3.45. The Morgan fingerprint density at radius 3 is 1.35 bits per heavy atom. The van der Waals surface area contributed by atoms with Gasteiger partial charge in [0.1, 0.15) is 12.1 Å². The van der Waals surface area contributed by atoms with Crippen LogP contribution in [0.3, 0.4) is 0 Å². The Morgan fingerprint density at radius 1 is 0.676 bits per heavy atom. The summed E-state index contributed by atoms with van der Waals surface area (Å²) in [6, 6.07) is -1.21. The zero-order valence-corrected chi connectivity index (χ0v) is 21.8. The first-order valence-electron chi connectivity index (χ1n) is 13.1. The highest BCUT2D eigenvalue weighted by molar-refractivity contribution is 5.90. The number of hydrogen-bond donors (Lipinski definition) is 2. The number of nitrogens with one attached hydrogen (secondary N) is 2. The monoisotopic (exact) mass is 476 g/mol. The van der Waals surface area contributed by atoms with Gasteiger partial charge >= 0.3 is 0 Å². The highest BCUT2D eigenvalue weighted by Gasteiger charge is 2.41. The van der Waals surface area contributed by atoms with E-state index in [0.717, 1.165) is 12.8 Å². The topological polar surface area (TPSA) is 98.8 Å². The van der Waals surface area contributed by atoms with Gasteiger partial charge in [0.2, 0.25) is 23.6 Å². The van der Waals surface area contributed by atoms with Crippen LogP contribution in [0.1, 0.15) is 79.1 Å². The number of rotatable bonds is 4. The van der Waals surface area contributed by atoms with Crippen molar-refractivity contribution in [1.29, 1.82) is 0 Å². The van der Waals surface area contributed by atoms with Crippen LogP contribution >= 0.6 is 0 Å². The van der Waals surface area contributed by atoms with Gasteiger partial charge in [-0.05, 0) is 63.2 Å². The number of hydrogen-bond acceptors (Lipinski definition) is 4. The lowest BCUT2D eigenvalue weighted by atomic mass is 9.98. The Hall–Kier alpha value is -2.12. The first kappa shape index (κ1) is 26.5. The third-order valence-corrected chi connectivity index (χ3v) is 7.99. The summed E-state index contributed by atoms with van der Waals surface area (Å²) < 4.78 is 0. The van der Waals surface area contributed by atoms with Gasteiger partial charge in [-0.2, -0.15) is 0 Å². The van der Waals surface area contributed by atoms with Crippen molar-refractivity contribution in [1.82, 2.24) is 20.4 Å². The van der Waals surface area contributed by atoms with Crippen LogP contribution in [0.15, 0.2) is 0 Å². The van der Waals surface area contributed by atoms with Crippen LogP contribution in [0.25, 0.3) is 0 Å². The molecule has 34 heavy (non-hydrogen) atoms. The van der Waals surface area contributed by atoms with Gasteiger partial charge < -0.3 is 20.4 Å². The fourth-order valence-electron chi connectivity index (χ4n) is 5.91. The van der Waals surface area contributed by atoms with Gasteiger partial charge in [0.05, 0.1) is 0 Å². The van der Waals surface area contributed by atoms with Gasteiger partial charge in [0, 0.05) is 38.0 Å². The molecule has 8 nitrogen and oxygen atoms in total. The first-order chi connectivity index (χ1) is 16.0.